The molecule has 6 nitrogen and oxygen atoms in total. The monoisotopic (exact) mass is 356 g/mol. The average Bonchev–Trinajstić information content (AvgIpc) is 2.98. The lowest BCUT2D eigenvalue weighted by atomic mass is 9.80. The quantitative estimate of drug-likeness (QED) is 0.489. The molecule has 2 aromatic rings. The van der Waals surface area contributed by atoms with Crippen LogP contribution in [0.4, 0.5) is 0 Å². The first kappa shape index (κ1) is 19.9. The van der Waals surface area contributed by atoms with Crippen molar-refractivity contribution in [2.45, 2.75) is 65.2 Å². The highest BCUT2D eigenvalue weighted by Crippen LogP contribution is 2.31. The molecule has 2 rings (SSSR count). The van der Waals surface area contributed by atoms with E-state index in [1.165, 1.54) is 11.1 Å². The molecule has 0 bridgehead atoms. The van der Waals surface area contributed by atoms with E-state index in [0.717, 1.165) is 24.2 Å². The number of nitrogens with two attached hydrogens (primary N) is 2. The minimum Gasteiger partial charge on any atom is -0.370 e. The molecule has 0 unspecified atom stereocenters. The van der Waals surface area contributed by atoms with Gasteiger partial charge < -0.3 is 11.5 Å². The highest BCUT2D eigenvalue weighted by Gasteiger charge is 2.21. The molecule has 0 atom stereocenters. The van der Waals surface area contributed by atoms with Crippen LogP contribution in [0, 0.1) is 0 Å². The van der Waals surface area contributed by atoms with Crippen molar-refractivity contribution >= 4 is 5.96 Å². The molecule has 0 amide bonds. The minimum absolute atomic E-state index is 0.0690. The zero-order valence-electron chi connectivity index (χ0n) is 16.9. The van der Waals surface area contributed by atoms with Crippen molar-refractivity contribution in [1.82, 2.24) is 15.0 Å². The van der Waals surface area contributed by atoms with Crippen LogP contribution in [0.1, 0.15) is 64.8 Å². The molecule has 0 aliphatic rings. The van der Waals surface area contributed by atoms with E-state index in [0.29, 0.717) is 6.54 Å². The third kappa shape index (κ3) is 5.31. The number of aromatic nitrogens is 3. The lowest BCUT2D eigenvalue weighted by Crippen LogP contribution is -2.23. The van der Waals surface area contributed by atoms with Gasteiger partial charge in [0.1, 0.15) is 0 Å². The molecule has 0 aliphatic heterocycles. The summed E-state index contributed by atoms with van der Waals surface area (Å²) in [6, 6.07) is 6.71. The second kappa shape index (κ2) is 7.48. The van der Waals surface area contributed by atoms with Crippen LogP contribution < -0.4 is 11.5 Å². The summed E-state index contributed by atoms with van der Waals surface area (Å²) in [6.07, 6.45) is 3.62. The fourth-order valence-electron chi connectivity index (χ4n) is 2.62. The molecule has 1 aromatic heterocycles. The first-order chi connectivity index (χ1) is 12.0. The fourth-order valence-corrected chi connectivity index (χ4v) is 2.62. The number of nitrogens with zero attached hydrogens (tertiary/aromatic N) is 4. The van der Waals surface area contributed by atoms with E-state index in [-0.39, 0.29) is 16.8 Å². The Labute approximate surface area is 156 Å². The second-order valence-corrected chi connectivity index (χ2v) is 8.83. The van der Waals surface area contributed by atoms with Crippen LogP contribution in [-0.4, -0.2) is 27.5 Å². The normalized spacial score (nSPS) is 12.2. The van der Waals surface area contributed by atoms with Crippen LogP contribution in [0.15, 0.2) is 29.4 Å². The van der Waals surface area contributed by atoms with E-state index < -0.39 is 0 Å². The largest absolute Gasteiger partial charge is 0.370 e. The Morgan fingerprint density at radius 3 is 2.08 bits per heavy atom. The summed E-state index contributed by atoms with van der Waals surface area (Å²) in [4.78, 5) is 4.00. The predicted octanol–water partition coefficient (Wildman–Crippen LogP) is 3.07. The molecular weight excluding hydrogens is 324 g/mol. The number of benzene rings is 1. The third-order valence-electron chi connectivity index (χ3n) is 4.34. The van der Waals surface area contributed by atoms with E-state index >= 15 is 0 Å². The van der Waals surface area contributed by atoms with Crippen LogP contribution in [0.2, 0.25) is 0 Å². The van der Waals surface area contributed by atoms with E-state index in [1.807, 2.05) is 10.9 Å². The van der Waals surface area contributed by atoms with Crippen molar-refractivity contribution in [3.05, 3.63) is 41.2 Å². The number of hydrogen-bond donors (Lipinski definition) is 2. The van der Waals surface area contributed by atoms with Crippen LogP contribution in [0.3, 0.4) is 0 Å². The third-order valence-corrected chi connectivity index (χ3v) is 4.34. The molecule has 0 fully saturated rings. The minimum atomic E-state index is 0.0690. The van der Waals surface area contributed by atoms with Gasteiger partial charge in [0.2, 0.25) is 0 Å². The molecule has 0 spiro atoms. The van der Waals surface area contributed by atoms with Gasteiger partial charge in [0.05, 0.1) is 17.6 Å². The lowest BCUT2D eigenvalue weighted by molar-refractivity contribution is 0.566. The Morgan fingerprint density at radius 2 is 1.58 bits per heavy atom. The van der Waals surface area contributed by atoms with Crippen LogP contribution in [-0.2, 0) is 17.3 Å². The maximum Gasteiger partial charge on any atom is 0.185 e. The summed E-state index contributed by atoms with van der Waals surface area (Å²) in [6.45, 7) is 14.0. The van der Waals surface area contributed by atoms with Gasteiger partial charge >= 0.3 is 0 Å². The summed E-state index contributed by atoms with van der Waals surface area (Å²) >= 11 is 0. The van der Waals surface area contributed by atoms with E-state index in [1.54, 1.807) is 0 Å². The average molecular weight is 357 g/mol. The van der Waals surface area contributed by atoms with Gasteiger partial charge in [0.15, 0.2) is 5.96 Å². The number of aryl methyl sites for hydroxylation is 1. The predicted molar refractivity (Wildman–Crippen MR) is 108 cm³/mol. The molecule has 0 radical (unpaired) electrons. The van der Waals surface area contributed by atoms with Gasteiger partial charge in [-0.2, -0.15) is 0 Å². The van der Waals surface area contributed by atoms with Crippen molar-refractivity contribution in [3.63, 3.8) is 0 Å². The summed E-state index contributed by atoms with van der Waals surface area (Å²) in [7, 11) is 0. The van der Waals surface area contributed by atoms with Gasteiger partial charge in [-0.1, -0.05) is 52.8 Å². The van der Waals surface area contributed by atoms with Gasteiger partial charge in [-0.15, -0.1) is 5.10 Å². The Bertz CT molecular complexity index is 738. The fraction of sp³-hybridized carbons (Fsp3) is 0.550. The standard InChI is InChI=1S/C20H32N6/c1-19(2,3)14-10-15(20(4,5)6)12-17(11-14)26-13-16(24-25-26)8-7-9-23-18(21)22/h10-13H,7-9H2,1-6H3,(H4,21,22,23). The summed E-state index contributed by atoms with van der Waals surface area (Å²) in [5.41, 5.74) is 15.4. The van der Waals surface area contributed by atoms with Gasteiger partial charge in [0.25, 0.3) is 0 Å². The molecule has 142 valence electrons. The van der Waals surface area contributed by atoms with Gasteiger partial charge in [-0.05, 0) is 46.9 Å². The van der Waals surface area contributed by atoms with Crippen molar-refractivity contribution < 1.29 is 0 Å². The molecule has 6 heteroatoms. The van der Waals surface area contributed by atoms with Gasteiger partial charge in [-0.25, -0.2) is 4.68 Å². The molecule has 26 heavy (non-hydrogen) atoms. The van der Waals surface area contributed by atoms with E-state index in [4.69, 9.17) is 11.5 Å². The first-order valence-corrected chi connectivity index (χ1v) is 9.10. The zero-order valence-corrected chi connectivity index (χ0v) is 16.9. The van der Waals surface area contributed by atoms with Crippen LogP contribution in [0.5, 0.6) is 0 Å². The van der Waals surface area contributed by atoms with Crippen molar-refractivity contribution in [3.8, 4) is 5.69 Å². The molecule has 1 aromatic carbocycles. The summed E-state index contributed by atoms with van der Waals surface area (Å²) in [5.74, 6) is 0.127. The van der Waals surface area contributed by atoms with Crippen molar-refractivity contribution in [2.24, 2.45) is 16.5 Å². The van der Waals surface area contributed by atoms with Gasteiger partial charge in [0, 0.05) is 6.54 Å². The second-order valence-electron chi connectivity index (χ2n) is 8.83. The Balaban J connectivity index is 2.29. The van der Waals surface area contributed by atoms with E-state index in [2.05, 4.69) is 75.0 Å². The molecule has 0 saturated carbocycles. The number of guanidine groups is 1. The number of hydrogen-bond acceptors (Lipinski definition) is 3. The SMILES string of the molecule is CC(C)(C)c1cc(-n2cc(CCCN=C(N)N)nn2)cc(C(C)(C)C)c1. The van der Waals surface area contributed by atoms with Gasteiger partial charge in [-0.3, -0.25) is 4.99 Å². The van der Waals surface area contributed by atoms with E-state index in [9.17, 15) is 0 Å². The topological polar surface area (TPSA) is 95.1 Å². The van der Waals surface area contributed by atoms with Crippen LogP contribution >= 0.6 is 0 Å². The smallest absolute Gasteiger partial charge is 0.185 e. The Hall–Kier alpha value is -2.37. The Morgan fingerprint density at radius 1 is 1.00 bits per heavy atom. The maximum absolute atomic E-state index is 5.35. The molecule has 4 N–H and O–H groups in total. The highest BCUT2D eigenvalue weighted by molar-refractivity contribution is 5.75. The number of aliphatic imine (C=N–C) groups is 1. The van der Waals surface area contributed by atoms with Crippen LogP contribution in [0.25, 0.3) is 5.69 Å². The summed E-state index contributed by atoms with van der Waals surface area (Å²) in [5, 5.41) is 8.62. The van der Waals surface area contributed by atoms with Crippen molar-refractivity contribution in [1.29, 1.82) is 0 Å². The molecule has 0 saturated heterocycles. The summed E-state index contributed by atoms with van der Waals surface area (Å²) < 4.78 is 1.86. The molecular formula is C20H32N6. The molecule has 1 heterocycles. The number of rotatable bonds is 5. The van der Waals surface area contributed by atoms with Crippen molar-refractivity contribution in [2.75, 3.05) is 6.54 Å². The zero-order chi connectivity index (χ0) is 19.5. The Kier molecular flexibility index (Phi) is 5.74. The lowest BCUT2D eigenvalue weighted by Gasteiger charge is -2.26. The maximum atomic E-state index is 5.35. The first-order valence-electron chi connectivity index (χ1n) is 9.10. The molecule has 0 aliphatic carbocycles. The highest BCUT2D eigenvalue weighted by atomic mass is 15.4.